The maximum absolute atomic E-state index is 10.3. The van der Waals surface area contributed by atoms with Crippen LogP contribution >= 0.6 is 0 Å². The quantitative estimate of drug-likeness (QED) is 0.843. The highest BCUT2D eigenvalue weighted by Gasteiger charge is 2.53. The molecule has 1 aromatic heterocycles. The minimum Gasteiger partial charge on any atom is -0.392 e. The van der Waals surface area contributed by atoms with Crippen molar-refractivity contribution in [3.05, 3.63) is 30.1 Å². The van der Waals surface area contributed by atoms with Gasteiger partial charge in [-0.3, -0.25) is 4.98 Å². The number of nitrogens with zero attached hydrogens (tertiary/aromatic N) is 1. The summed E-state index contributed by atoms with van der Waals surface area (Å²) in [4.78, 5) is 4.00. The average molecular weight is 217 g/mol. The second kappa shape index (κ2) is 4.17. The number of pyridine rings is 1. The Morgan fingerprint density at radius 2 is 1.81 bits per heavy atom. The predicted molar refractivity (Wildman–Crippen MR) is 62.9 cm³/mol. The molecule has 1 heterocycles. The summed E-state index contributed by atoms with van der Waals surface area (Å²) in [5.74, 6) is 2.27. The van der Waals surface area contributed by atoms with Crippen LogP contribution in [-0.4, -0.2) is 16.2 Å². The molecule has 2 saturated carbocycles. The molecule has 2 nitrogen and oxygen atoms in total. The molecule has 86 valence electrons. The number of aromatic nitrogens is 1. The molecule has 0 radical (unpaired) electrons. The van der Waals surface area contributed by atoms with E-state index in [1.165, 1.54) is 31.2 Å². The molecule has 0 amide bonds. The van der Waals surface area contributed by atoms with E-state index in [1.54, 1.807) is 0 Å². The minimum atomic E-state index is -0.129. The summed E-state index contributed by atoms with van der Waals surface area (Å²) in [6.07, 6.45) is 9.74. The maximum atomic E-state index is 10.3. The molecule has 1 aromatic rings. The summed E-state index contributed by atoms with van der Waals surface area (Å²) in [6, 6.07) is 4.02. The lowest BCUT2D eigenvalue weighted by molar-refractivity contribution is 0.140. The highest BCUT2D eigenvalue weighted by atomic mass is 16.3. The monoisotopic (exact) mass is 217 g/mol. The van der Waals surface area contributed by atoms with Crippen molar-refractivity contribution in [2.24, 2.45) is 17.8 Å². The second-order valence-corrected chi connectivity index (χ2v) is 5.32. The predicted octanol–water partition coefficient (Wildman–Crippen LogP) is 2.42. The van der Waals surface area contributed by atoms with Gasteiger partial charge in [0.1, 0.15) is 0 Å². The van der Waals surface area contributed by atoms with Crippen LogP contribution in [-0.2, 0) is 6.42 Å². The van der Waals surface area contributed by atoms with E-state index in [0.717, 1.165) is 18.3 Å². The zero-order chi connectivity index (χ0) is 11.0. The lowest BCUT2D eigenvalue weighted by Gasteiger charge is -2.09. The zero-order valence-electron chi connectivity index (χ0n) is 9.55. The van der Waals surface area contributed by atoms with E-state index in [-0.39, 0.29) is 6.10 Å². The molecule has 1 N–H and O–H groups in total. The molecule has 0 aromatic carbocycles. The number of aliphatic hydroxyl groups is 1. The van der Waals surface area contributed by atoms with Crippen LogP contribution in [0.25, 0.3) is 0 Å². The van der Waals surface area contributed by atoms with E-state index in [2.05, 4.69) is 4.98 Å². The largest absolute Gasteiger partial charge is 0.392 e. The van der Waals surface area contributed by atoms with Gasteiger partial charge in [0.05, 0.1) is 6.10 Å². The fraction of sp³-hybridized carbons (Fsp3) is 0.643. The summed E-state index contributed by atoms with van der Waals surface area (Å²) in [7, 11) is 0. The van der Waals surface area contributed by atoms with Gasteiger partial charge < -0.3 is 5.11 Å². The molecule has 3 unspecified atom stereocenters. The molecule has 2 fully saturated rings. The van der Waals surface area contributed by atoms with Gasteiger partial charge in [0.15, 0.2) is 0 Å². The Morgan fingerprint density at radius 3 is 2.44 bits per heavy atom. The van der Waals surface area contributed by atoms with Crippen LogP contribution in [0.15, 0.2) is 24.5 Å². The first kappa shape index (κ1) is 10.3. The van der Waals surface area contributed by atoms with Crippen LogP contribution in [0.1, 0.15) is 31.2 Å². The molecule has 2 aliphatic carbocycles. The topological polar surface area (TPSA) is 33.1 Å². The molecule has 0 spiro atoms. The van der Waals surface area contributed by atoms with E-state index in [1.807, 2.05) is 24.5 Å². The molecular weight excluding hydrogens is 198 g/mol. The van der Waals surface area contributed by atoms with Gasteiger partial charge in [0.2, 0.25) is 0 Å². The van der Waals surface area contributed by atoms with Gasteiger partial charge in [-0.25, -0.2) is 0 Å². The molecule has 2 heteroatoms. The van der Waals surface area contributed by atoms with Crippen LogP contribution in [0.2, 0.25) is 0 Å². The Balaban J connectivity index is 1.60. The normalized spacial score (nSPS) is 34.2. The fourth-order valence-corrected chi connectivity index (χ4v) is 3.51. The van der Waals surface area contributed by atoms with Crippen molar-refractivity contribution in [3.8, 4) is 0 Å². The maximum Gasteiger partial charge on any atom is 0.0614 e. The Hall–Kier alpha value is -0.890. The first-order valence-electron chi connectivity index (χ1n) is 6.43. The number of hydrogen-bond donors (Lipinski definition) is 1. The molecule has 16 heavy (non-hydrogen) atoms. The summed E-state index contributed by atoms with van der Waals surface area (Å²) >= 11 is 0. The Bertz CT molecular complexity index is 339. The third-order valence-corrected chi connectivity index (χ3v) is 4.36. The first-order valence-corrected chi connectivity index (χ1v) is 6.43. The van der Waals surface area contributed by atoms with Crippen LogP contribution in [0.5, 0.6) is 0 Å². The third kappa shape index (κ3) is 1.86. The molecular formula is C14H19NO. The van der Waals surface area contributed by atoms with Crippen molar-refractivity contribution in [1.82, 2.24) is 4.98 Å². The molecule has 0 saturated heterocycles. The SMILES string of the molecule is OC(Cc1ccncc1)C1C2CCCCC21. The summed E-state index contributed by atoms with van der Waals surface area (Å²) in [5, 5.41) is 10.3. The molecule has 0 aliphatic heterocycles. The van der Waals surface area contributed by atoms with E-state index in [0.29, 0.717) is 5.92 Å². The minimum absolute atomic E-state index is 0.129. The number of hydrogen-bond acceptors (Lipinski definition) is 2. The fourth-order valence-electron chi connectivity index (χ4n) is 3.51. The van der Waals surface area contributed by atoms with E-state index >= 15 is 0 Å². The molecule has 3 atom stereocenters. The highest BCUT2D eigenvalue weighted by molar-refractivity contribution is 5.13. The Morgan fingerprint density at radius 1 is 1.19 bits per heavy atom. The Kier molecular flexibility index (Phi) is 2.68. The number of fused-ring (bicyclic) bond motifs is 1. The first-order chi connectivity index (χ1) is 7.86. The van der Waals surface area contributed by atoms with Gasteiger partial charge >= 0.3 is 0 Å². The average Bonchev–Trinajstić information content (AvgIpc) is 3.04. The van der Waals surface area contributed by atoms with Gasteiger partial charge in [-0.15, -0.1) is 0 Å². The van der Waals surface area contributed by atoms with Crippen LogP contribution in [0.4, 0.5) is 0 Å². The van der Waals surface area contributed by atoms with E-state index in [4.69, 9.17) is 0 Å². The van der Waals surface area contributed by atoms with Crippen LogP contribution in [0.3, 0.4) is 0 Å². The van der Waals surface area contributed by atoms with Crippen molar-refractivity contribution in [2.45, 2.75) is 38.2 Å². The zero-order valence-corrected chi connectivity index (χ0v) is 9.55. The molecule has 0 bridgehead atoms. The smallest absolute Gasteiger partial charge is 0.0614 e. The standard InChI is InChI=1S/C14H19NO/c16-13(9-10-5-7-15-8-6-10)14-11-3-1-2-4-12(11)14/h5-8,11-14,16H,1-4,9H2. The Labute approximate surface area is 96.7 Å². The number of aliphatic hydroxyl groups excluding tert-OH is 1. The van der Waals surface area contributed by atoms with Crippen molar-refractivity contribution in [3.63, 3.8) is 0 Å². The van der Waals surface area contributed by atoms with Crippen LogP contribution in [0, 0.1) is 17.8 Å². The second-order valence-electron chi connectivity index (χ2n) is 5.32. The summed E-state index contributed by atoms with van der Waals surface area (Å²) in [6.45, 7) is 0. The molecule has 3 rings (SSSR count). The van der Waals surface area contributed by atoms with Crippen molar-refractivity contribution >= 4 is 0 Å². The van der Waals surface area contributed by atoms with Crippen molar-refractivity contribution < 1.29 is 5.11 Å². The van der Waals surface area contributed by atoms with Crippen LogP contribution < -0.4 is 0 Å². The summed E-state index contributed by atoms with van der Waals surface area (Å²) < 4.78 is 0. The van der Waals surface area contributed by atoms with E-state index < -0.39 is 0 Å². The van der Waals surface area contributed by atoms with Gasteiger partial charge in [-0.1, -0.05) is 12.8 Å². The van der Waals surface area contributed by atoms with Gasteiger partial charge in [-0.05, 0) is 54.7 Å². The van der Waals surface area contributed by atoms with Gasteiger partial charge in [0, 0.05) is 12.4 Å². The van der Waals surface area contributed by atoms with Gasteiger partial charge in [-0.2, -0.15) is 0 Å². The van der Waals surface area contributed by atoms with E-state index in [9.17, 15) is 5.11 Å². The lowest BCUT2D eigenvalue weighted by atomic mass is 10.0. The highest BCUT2D eigenvalue weighted by Crippen LogP contribution is 2.57. The van der Waals surface area contributed by atoms with Gasteiger partial charge in [0.25, 0.3) is 0 Å². The van der Waals surface area contributed by atoms with Crippen molar-refractivity contribution in [1.29, 1.82) is 0 Å². The van der Waals surface area contributed by atoms with Crippen molar-refractivity contribution in [2.75, 3.05) is 0 Å². The summed E-state index contributed by atoms with van der Waals surface area (Å²) in [5.41, 5.74) is 1.21. The molecule has 2 aliphatic rings. The number of rotatable bonds is 3. The lowest BCUT2D eigenvalue weighted by Crippen LogP contribution is -2.15. The third-order valence-electron chi connectivity index (χ3n) is 4.36.